The van der Waals surface area contributed by atoms with Crippen molar-refractivity contribution in [3.05, 3.63) is 188 Å². The quantitative estimate of drug-likeness (QED) is 0.171. The van der Waals surface area contributed by atoms with E-state index in [0.29, 0.717) is 17.5 Å². The van der Waals surface area contributed by atoms with Crippen molar-refractivity contribution in [3.8, 4) is 67.5 Å². The molecule has 5 heteroatoms. The summed E-state index contributed by atoms with van der Waals surface area (Å²) in [6, 6.07) is 64.6. The normalized spacial score (nSPS) is 11.6. The molecule has 0 fully saturated rings. The van der Waals surface area contributed by atoms with Crippen molar-refractivity contribution in [1.29, 1.82) is 0 Å². The minimum Gasteiger partial charge on any atom is -0.455 e. The average molecular weight is 718 g/mol. The van der Waals surface area contributed by atoms with E-state index in [-0.39, 0.29) is 0 Å². The molecule has 0 saturated heterocycles. The summed E-state index contributed by atoms with van der Waals surface area (Å²) in [5.74, 6) is 1.74. The van der Waals surface area contributed by atoms with Gasteiger partial charge in [-0.3, -0.25) is 0 Å². The number of benzene rings is 8. The average Bonchev–Trinajstić information content (AvgIpc) is 3.85. The number of nitrogens with zero attached hydrogens (tertiary/aromatic N) is 3. The summed E-state index contributed by atoms with van der Waals surface area (Å²) in [6.07, 6.45) is 0. The van der Waals surface area contributed by atoms with E-state index in [0.717, 1.165) is 93.9 Å². The van der Waals surface area contributed by atoms with Gasteiger partial charge < -0.3 is 8.83 Å². The first-order valence-corrected chi connectivity index (χ1v) is 18.7. The third-order valence-electron chi connectivity index (χ3n) is 10.6. The van der Waals surface area contributed by atoms with Crippen LogP contribution in [0.4, 0.5) is 0 Å². The lowest BCUT2D eigenvalue weighted by Crippen LogP contribution is -2.00. The number of fused-ring (bicyclic) bond motifs is 6. The number of para-hydroxylation sites is 2. The summed E-state index contributed by atoms with van der Waals surface area (Å²) in [5.41, 5.74) is 12.5. The Kier molecular flexibility index (Phi) is 7.42. The highest BCUT2D eigenvalue weighted by molar-refractivity contribution is 6.14. The van der Waals surface area contributed by atoms with Gasteiger partial charge in [-0.2, -0.15) is 0 Å². The van der Waals surface area contributed by atoms with Crippen LogP contribution >= 0.6 is 0 Å². The van der Waals surface area contributed by atoms with Crippen molar-refractivity contribution in [2.24, 2.45) is 0 Å². The van der Waals surface area contributed by atoms with Crippen LogP contribution in [0.2, 0.25) is 0 Å². The van der Waals surface area contributed by atoms with Crippen LogP contribution in [0.5, 0.6) is 0 Å². The second-order valence-electron chi connectivity index (χ2n) is 14.0. The molecule has 0 aliphatic carbocycles. The maximum absolute atomic E-state index is 6.69. The smallest absolute Gasteiger partial charge is 0.167 e. The van der Waals surface area contributed by atoms with Gasteiger partial charge in [-0.25, -0.2) is 15.0 Å². The first-order valence-electron chi connectivity index (χ1n) is 18.7. The zero-order valence-corrected chi connectivity index (χ0v) is 30.1. The van der Waals surface area contributed by atoms with Crippen LogP contribution in [-0.2, 0) is 0 Å². The van der Waals surface area contributed by atoms with Crippen molar-refractivity contribution >= 4 is 43.9 Å². The number of aromatic nitrogens is 3. The fraction of sp³-hybridized carbons (Fsp3) is 0. The summed E-state index contributed by atoms with van der Waals surface area (Å²) in [6.45, 7) is 0. The van der Waals surface area contributed by atoms with E-state index in [1.165, 1.54) is 0 Å². The van der Waals surface area contributed by atoms with Gasteiger partial charge in [0.2, 0.25) is 0 Å². The van der Waals surface area contributed by atoms with Gasteiger partial charge in [-0.1, -0.05) is 152 Å². The summed E-state index contributed by atoms with van der Waals surface area (Å²) in [5, 5.41) is 4.17. The Morgan fingerprint density at radius 1 is 0.268 bits per heavy atom. The molecule has 0 spiro atoms. The molecule has 0 aliphatic heterocycles. The Hall–Kier alpha value is -7.63. The molecule has 0 saturated carbocycles. The van der Waals surface area contributed by atoms with Gasteiger partial charge in [0, 0.05) is 38.2 Å². The summed E-state index contributed by atoms with van der Waals surface area (Å²) in [7, 11) is 0. The SMILES string of the molecule is c1ccc(-c2ccc(-c3nc(-c4ccccc4)nc(-c4cccc5c4oc4ccc(-c6cc(-c7ccccc7)cc7c6oc6ccccc67)cc45)n3)cc2)cc1. The van der Waals surface area contributed by atoms with Crippen LogP contribution in [0.3, 0.4) is 0 Å². The van der Waals surface area contributed by atoms with E-state index in [2.05, 4.69) is 121 Å². The van der Waals surface area contributed by atoms with Crippen molar-refractivity contribution in [2.45, 2.75) is 0 Å². The second kappa shape index (κ2) is 13.0. The number of hydrogen-bond donors (Lipinski definition) is 0. The summed E-state index contributed by atoms with van der Waals surface area (Å²) < 4.78 is 13.3. The Bertz CT molecular complexity index is 3220. The molecule has 11 aromatic rings. The zero-order valence-electron chi connectivity index (χ0n) is 30.1. The Balaban J connectivity index is 1.07. The minimum absolute atomic E-state index is 0.547. The predicted octanol–water partition coefficient (Wildman–Crippen LogP) is 13.7. The zero-order chi connectivity index (χ0) is 37.0. The topological polar surface area (TPSA) is 65.0 Å². The minimum atomic E-state index is 0.547. The predicted molar refractivity (Wildman–Crippen MR) is 227 cm³/mol. The molecular weight excluding hydrogens is 687 g/mol. The van der Waals surface area contributed by atoms with Crippen molar-refractivity contribution < 1.29 is 8.83 Å². The molecule has 0 amide bonds. The van der Waals surface area contributed by atoms with Crippen molar-refractivity contribution in [2.75, 3.05) is 0 Å². The maximum Gasteiger partial charge on any atom is 0.167 e. The fourth-order valence-corrected chi connectivity index (χ4v) is 7.76. The molecule has 0 N–H and O–H groups in total. The van der Waals surface area contributed by atoms with Crippen LogP contribution in [0.25, 0.3) is 111 Å². The largest absolute Gasteiger partial charge is 0.455 e. The van der Waals surface area contributed by atoms with Gasteiger partial charge in [-0.05, 0) is 64.2 Å². The Morgan fingerprint density at radius 2 is 0.750 bits per heavy atom. The lowest BCUT2D eigenvalue weighted by Gasteiger charge is -2.09. The first kappa shape index (κ1) is 31.9. The molecule has 0 atom stereocenters. The fourth-order valence-electron chi connectivity index (χ4n) is 7.76. The van der Waals surface area contributed by atoms with Crippen LogP contribution in [0, 0.1) is 0 Å². The molecule has 3 heterocycles. The molecule has 0 bridgehead atoms. The standard InChI is InChI=1S/C51H31N3O2/c1-4-13-32(14-5-1)34-23-25-36(26-24-34)50-52-49(35-17-8-3-9-18-35)53-51(54-50)41-21-12-20-40-43-29-37(27-28-46(43)56-47(40)41)42-30-38(33-15-6-2-7-16-33)31-44-39-19-10-11-22-45(39)55-48(42)44/h1-31H. The Morgan fingerprint density at radius 3 is 1.46 bits per heavy atom. The molecule has 11 rings (SSSR count). The van der Waals surface area contributed by atoms with E-state index < -0.39 is 0 Å². The third-order valence-corrected chi connectivity index (χ3v) is 10.6. The number of rotatable bonds is 6. The molecular formula is C51H31N3O2. The van der Waals surface area contributed by atoms with Gasteiger partial charge in [0.05, 0.1) is 5.56 Å². The van der Waals surface area contributed by atoms with Gasteiger partial charge >= 0.3 is 0 Å². The first-order chi connectivity index (χ1) is 27.7. The lowest BCUT2D eigenvalue weighted by atomic mass is 9.95. The molecule has 262 valence electrons. The molecule has 8 aromatic carbocycles. The highest BCUT2D eigenvalue weighted by Crippen LogP contribution is 2.42. The second-order valence-corrected chi connectivity index (χ2v) is 14.0. The van der Waals surface area contributed by atoms with Gasteiger partial charge in [0.25, 0.3) is 0 Å². The van der Waals surface area contributed by atoms with E-state index in [1.807, 2.05) is 66.7 Å². The molecule has 56 heavy (non-hydrogen) atoms. The highest BCUT2D eigenvalue weighted by atomic mass is 16.3. The molecule has 3 aromatic heterocycles. The lowest BCUT2D eigenvalue weighted by molar-refractivity contribution is 0.668. The van der Waals surface area contributed by atoms with Crippen molar-refractivity contribution in [1.82, 2.24) is 15.0 Å². The van der Waals surface area contributed by atoms with E-state index in [4.69, 9.17) is 23.8 Å². The van der Waals surface area contributed by atoms with Crippen LogP contribution < -0.4 is 0 Å². The number of furan rings is 2. The van der Waals surface area contributed by atoms with Gasteiger partial charge in [0.15, 0.2) is 17.5 Å². The molecule has 0 aliphatic rings. The van der Waals surface area contributed by atoms with Crippen LogP contribution in [0.1, 0.15) is 0 Å². The Labute approximate surface area is 322 Å². The number of hydrogen-bond acceptors (Lipinski definition) is 5. The maximum atomic E-state index is 6.69. The van der Waals surface area contributed by atoms with E-state index >= 15 is 0 Å². The van der Waals surface area contributed by atoms with Gasteiger partial charge in [-0.15, -0.1) is 0 Å². The van der Waals surface area contributed by atoms with Crippen molar-refractivity contribution in [3.63, 3.8) is 0 Å². The monoisotopic (exact) mass is 717 g/mol. The van der Waals surface area contributed by atoms with Crippen LogP contribution in [0.15, 0.2) is 197 Å². The molecule has 5 nitrogen and oxygen atoms in total. The molecule has 0 radical (unpaired) electrons. The third kappa shape index (κ3) is 5.45. The highest BCUT2D eigenvalue weighted by Gasteiger charge is 2.20. The summed E-state index contributed by atoms with van der Waals surface area (Å²) in [4.78, 5) is 15.1. The summed E-state index contributed by atoms with van der Waals surface area (Å²) >= 11 is 0. The van der Waals surface area contributed by atoms with Crippen LogP contribution in [-0.4, -0.2) is 15.0 Å². The van der Waals surface area contributed by atoms with Gasteiger partial charge in [0.1, 0.15) is 22.3 Å². The van der Waals surface area contributed by atoms with E-state index in [1.54, 1.807) is 0 Å². The molecule has 0 unspecified atom stereocenters. The van der Waals surface area contributed by atoms with E-state index in [9.17, 15) is 0 Å².